The lowest BCUT2D eigenvalue weighted by Crippen LogP contribution is -2.34. The van der Waals surface area contributed by atoms with Crippen molar-refractivity contribution < 1.29 is 9.53 Å². The fourth-order valence-electron chi connectivity index (χ4n) is 2.09. The van der Waals surface area contributed by atoms with Gasteiger partial charge >= 0.3 is 0 Å². The Hall–Kier alpha value is -1.94. The van der Waals surface area contributed by atoms with Gasteiger partial charge in [-0.15, -0.1) is 0 Å². The molecule has 3 nitrogen and oxygen atoms in total. The van der Waals surface area contributed by atoms with Crippen molar-refractivity contribution in [3.05, 3.63) is 60.2 Å². The average molecular weight is 301 g/mol. The first-order valence-electron chi connectivity index (χ1n) is 6.75. The van der Waals surface area contributed by atoms with Gasteiger partial charge in [-0.3, -0.25) is 4.79 Å². The number of nitrogens with zero attached hydrogens (tertiary/aromatic N) is 1. The molecule has 1 amide bonds. The van der Waals surface area contributed by atoms with E-state index < -0.39 is 0 Å². The molecule has 110 valence electrons. The van der Waals surface area contributed by atoms with E-state index in [0.29, 0.717) is 6.42 Å². The zero-order valence-electron chi connectivity index (χ0n) is 12.2. The van der Waals surface area contributed by atoms with Crippen molar-refractivity contribution in [2.45, 2.75) is 11.7 Å². The molecule has 2 aromatic carbocycles. The second-order valence-electron chi connectivity index (χ2n) is 4.80. The van der Waals surface area contributed by atoms with E-state index >= 15 is 0 Å². The second-order valence-corrected chi connectivity index (χ2v) is 5.43. The highest BCUT2D eigenvalue weighted by atomic mass is 32.1. The number of benzene rings is 2. The van der Waals surface area contributed by atoms with Gasteiger partial charge in [-0.2, -0.15) is 12.6 Å². The quantitative estimate of drug-likeness (QED) is 0.859. The maximum absolute atomic E-state index is 12.5. The maximum Gasteiger partial charge on any atom is 0.239 e. The number of methoxy groups -OCH3 is 1. The molecule has 21 heavy (non-hydrogen) atoms. The molecule has 0 saturated carbocycles. The summed E-state index contributed by atoms with van der Waals surface area (Å²) >= 11 is 4.45. The normalized spacial score (nSPS) is 11.8. The lowest BCUT2D eigenvalue weighted by Gasteiger charge is -2.21. The van der Waals surface area contributed by atoms with E-state index in [1.807, 2.05) is 54.6 Å². The van der Waals surface area contributed by atoms with Crippen molar-refractivity contribution in [2.24, 2.45) is 0 Å². The SMILES string of the molecule is COc1cccc(N(C)C(=O)C(S)Cc2ccccc2)c1. The van der Waals surface area contributed by atoms with Crippen LogP contribution in [0, 0.1) is 0 Å². The fourth-order valence-corrected chi connectivity index (χ4v) is 2.48. The molecule has 0 spiro atoms. The Labute approximate surface area is 131 Å². The van der Waals surface area contributed by atoms with Crippen LogP contribution in [0.1, 0.15) is 5.56 Å². The van der Waals surface area contributed by atoms with E-state index in [2.05, 4.69) is 12.6 Å². The highest BCUT2D eigenvalue weighted by Gasteiger charge is 2.20. The Morgan fingerprint density at radius 2 is 1.90 bits per heavy atom. The number of rotatable bonds is 5. The van der Waals surface area contributed by atoms with E-state index in [-0.39, 0.29) is 11.2 Å². The standard InChI is InChI=1S/C17H19NO2S/c1-18(14-9-6-10-15(12-14)20-2)17(19)16(21)11-13-7-4-3-5-8-13/h3-10,12,16,21H,11H2,1-2H3. The summed E-state index contributed by atoms with van der Waals surface area (Å²) in [6.07, 6.45) is 0.608. The molecule has 2 rings (SSSR count). The zero-order valence-corrected chi connectivity index (χ0v) is 13.1. The predicted molar refractivity (Wildman–Crippen MR) is 89.3 cm³/mol. The molecule has 0 saturated heterocycles. The van der Waals surface area contributed by atoms with Crippen LogP contribution >= 0.6 is 12.6 Å². The molecule has 2 aromatic rings. The van der Waals surface area contributed by atoms with Crippen LogP contribution < -0.4 is 9.64 Å². The summed E-state index contributed by atoms with van der Waals surface area (Å²) in [6.45, 7) is 0. The van der Waals surface area contributed by atoms with E-state index in [9.17, 15) is 4.79 Å². The Morgan fingerprint density at radius 3 is 2.57 bits per heavy atom. The molecule has 0 aliphatic rings. The number of ether oxygens (including phenoxy) is 1. The molecule has 0 aliphatic heterocycles. The number of hydrogen-bond donors (Lipinski definition) is 1. The molecule has 0 aromatic heterocycles. The molecular formula is C17H19NO2S. The first-order chi connectivity index (χ1) is 10.1. The molecular weight excluding hydrogens is 282 g/mol. The van der Waals surface area contributed by atoms with Gasteiger partial charge in [-0.25, -0.2) is 0 Å². The summed E-state index contributed by atoms with van der Waals surface area (Å²) in [6, 6.07) is 17.3. The third-order valence-corrected chi connectivity index (χ3v) is 3.73. The number of thiol groups is 1. The van der Waals surface area contributed by atoms with Crippen molar-refractivity contribution in [2.75, 3.05) is 19.1 Å². The lowest BCUT2D eigenvalue weighted by molar-refractivity contribution is -0.117. The third-order valence-electron chi connectivity index (χ3n) is 3.33. The van der Waals surface area contributed by atoms with Crippen LogP contribution in [0.4, 0.5) is 5.69 Å². The summed E-state index contributed by atoms with van der Waals surface area (Å²) < 4.78 is 5.18. The van der Waals surface area contributed by atoms with Crippen molar-refractivity contribution in [1.29, 1.82) is 0 Å². The maximum atomic E-state index is 12.5. The van der Waals surface area contributed by atoms with E-state index in [0.717, 1.165) is 17.0 Å². The van der Waals surface area contributed by atoms with E-state index in [1.54, 1.807) is 19.1 Å². The summed E-state index contributed by atoms with van der Waals surface area (Å²) in [7, 11) is 3.36. The Bertz CT molecular complexity index is 601. The van der Waals surface area contributed by atoms with E-state index in [1.165, 1.54) is 0 Å². The van der Waals surface area contributed by atoms with Crippen LogP contribution in [0.5, 0.6) is 5.75 Å². The second kappa shape index (κ2) is 7.18. The monoisotopic (exact) mass is 301 g/mol. The van der Waals surface area contributed by atoms with Crippen molar-refractivity contribution in [3.8, 4) is 5.75 Å². The van der Waals surface area contributed by atoms with Crippen LogP contribution in [-0.4, -0.2) is 25.3 Å². The Balaban J connectivity index is 2.07. The molecule has 1 atom stereocenters. The Kier molecular flexibility index (Phi) is 5.28. The first-order valence-corrected chi connectivity index (χ1v) is 7.27. The summed E-state index contributed by atoms with van der Waals surface area (Å²) in [5, 5.41) is -0.372. The van der Waals surface area contributed by atoms with Crippen molar-refractivity contribution >= 4 is 24.2 Å². The van der Waals surface area contributed by atoms with Gasteiger partial charge in [0.15, 0.2) is 0 Å². The van der Waals surface area contributed by atoms with Crippen LogP contribution in [0.15, 0.2) is 54.6 Å². The topological polar surface area (TPSA) is 29.5 Å². The highest BCUT2D eigenvalue weighted by molar-refractivity contribution is 7.81. The van der Waals surface area contributed by atoms with Crippen LogP contribution in [-0.2, 0) is 11.2 Å². The summed E-state index contributed by atoms with van der Waals surface area (Å²) in [4.78, 5) is 14.1. The average Bonchev–Trinajstić information content (AvgIpc) is 2.54. The smallest absolute Gasteiger partial charge is 0.239 e. The van der Waals surface area contributed by atoms with Gasteiger partial charge in [-0.05, 0) is 24.1 Å². The van der Waals surface area contributed by atoms with Crippen molar-refractivity contribution in [3.63, 3.8) is 0 Å². The van der Waals surface area contributed by atoms with Crippen LogP contribution in [0.25, 0.3) is 0 Å². The summed E-state index contributed by atoms with van der Waals surface area (Å²) in [5.74, 6) is 0.696. The minimum atomic E-state index is -0.372. The number of carbonyl (C=O) groups excluding carboxylic acids is 1. The van der Waals surface area contributed by atoms with Crippen molar-refractivity contribution in [1.82, 2.24) is 0 Å². The van der Waals surface area contributed by atoms with Gasteiger partial charge in [0.05, 0.1) is 12.4 Å². The predicted octanol–water partition coefficient (Wildman–Crippen LogP) is 3.20. The largest absolute Gasteiger partial charge is 0.497 e. The lowest BCUT2D eigenvalue weighted by atomic mass is 10.1. The number of amides is 1. The van der Waals surface area contributed by atoms with Gasteiger partial charge in [0.1, 0.15) is 5.75 Å². The highest BCUT2D eigenvalue weighted by Crippen LogP contribution is 2.21. The fraction of sp³-hybridized carbons (Fsp3) is 0.235. The number of carbonyl (C=O) groups is 1. The third kappa shape index (κ3) is 4.02. The van der Waals surface area contributed by atoms with Gasteiger partial charge in [0.25, 0.3) is 0 Å². The van der Waals surface area contributed by atoms with Crippen LogP contribution in [0.2, 0.25) is 0 Å². The molecule has 0 N–H and O–H groups in total. The molecule has 0 aliphatic carbocycles. The zero-order chi connectivity index (χ0) is 15.2. The van der Waals surface area contributed by atoms with Gasteiger partial charge in [-0.1, -0.05) is 36.4 Å². The van der Waals surface area contributed by atoms with Gasteiger partial charge < -0.3 is 9.64 Å². The molecule has 0 radical (unpaired) electrons. The molecule has 1 unspecified atom stereocenters. The van der Waals surface area contributed by atoms with E-state index in [4.69, 9.17) is 4.74 Å². The summed E-state index contributed by atoms with van der Waals surface area (Å²) in [5.41, 5.74) is 1.90. The van der Waals surface area contributed by atoms with Gasteiger partial charge in [0.2, 0.25) is 5.91 Å². The number of hydrogen-bond acceptors (Lipinski definition) is 3. The minimum absolute atomic E-state index is 0.0320. The Morgan fingerprint density at radius 1 is 1.19 bits per heavy atom. The molecule has 0 bridgehead atoms. The first kappa shape index (κ1) is 15.4. The molecule has 0 heterocycles. The van der Waals surface area contributed by atoms with Crippen LogP contribution in [0.3, 0.4) is 0 Å². The molecule has 0 fully saturated rings. The van der Waals surface area contributed by atoms with Gasteiger partial charge in [0, 0.05) is 18.8 Å². The molecule has 4 heteroatoms. The minimum Gasteiger partial charge on any atom is -0.497 e. The number of anilines is 1.